The predicted molar refractivity (Wildman–Crippen MR) is 82.7 cm³/mol. The van der Waals surface area contributed by atoms with E-state index in [0.717, 1.165) is 11.3 Å². The SMILES string of the molecule is O=C(C[S+]1CCCC1)c1ccccc1.O=S(=O)([O-])C(F)(F)C(F)(F)F. The van der Waals surface area contributed by atoms with Gasteiger partial charge < -0.3 is 4.55 Å². The van der Waals surface area contributed by atoms with Crippen molar-refractivity contribution >= 4 is 26.8 Å². The number of hydrogen-bond acceptors (Lipinski definition) is 4. The van der Waals surface area contributed by atoms with Crippen molar-refractivity contribution < 1.29 is 39.7 Å². The number of carbonyl (C=O) groups excluding carboxylic acids is 1. The van der Waals surface area contributed by atoms with E-state index in [4.69, 9.17) is 0 Å². The van der Waals surface area contributed by atoms with Gasteiger partial charge in [-0.1, -0.05) is 30.3 Å². The fourth-order valence-electron chi connectivity index (χ4n) is 1.89. The zero-order valence-corrected chi connectivity index (χ0v) is 14.4. The van der Waals surface area contributed by atoms with Gasteiger partial charge in [0.15, 0.2) is 15.9 Å². The number of benzene rings is 1. The van der Waals surface area contributed by atoms with Crippen LogP contribution in [-0.2, 0) is 21.0 Å². The first-order chi connectivity index (χ1) is 11.4. The summed E-state index contributed by atoms with van der Waals surface area (Å²) in [6.45, 7) is 0. The van der Waals surface area contributed by atoms with Crippen LogP contribution in [0.3, 0.4) is 0 Å². The van der Waals surface area contributed by atoms with Gasteiger partial charge in [-0.25, -0.2) is 8.42 Å². The van der Waals surface area contributed by atoms with Crippen LogP contribution in [0.1, 0.15) is 23.2 Å². The van der Waals surface area contributed by atoms with Crippen molar-refractivity contribution in [3.05, 3.63) is 35.9 Å². The topological polar surface area (TPSA) is 74.3 Å². The van der Waals surface area contributed by atoms with Crippen LogP contribution < -0.4 is 0 Å². The number of carbonyl (C=O) groups is 1. The van der Waals surface area contributed by atoms with Crippen LogP contribution in [0.5, 0.6) is 0 Å². The standard InChI is InChI=1S/C12H15OS.C2HF5O3S/c13-12(10-14-8-4-5-9-14)11-6-2-1-3-7-11;3-1(4,5)2(6,7)11(8,9)10/h1-3,6-7H,4-5,8-10H2;(H,8,9,10)/q+1;/p-1. The summed E-state index contributed by atoms with van der Waals surface area (Å²) in [6.07, 6.45) is -3.70. The summed E-state index contributed by atoms with van der Waals surface area (Å²) >= 11 is 0. The summed E-state index contributed by atoms with van der Waals surface area (Å²) in [5.74, 6) is 3.66. The fraction of sp³-hybridized carbons (Fsp3) is 0.500. The molecule has 0 unspecified atom stereocenters. The Morgan fingerprint density at radius 2 is 1.52 bits per heavy atom. The molecule has 4 nitrogen and oxygen atoms in total. The van der Waals surface area contributed by atoms with Crippen LogP contribution in [0.15, 0.2) is 30.3 Å². The lowest BCUT2D eigenvalue weighted by atomic mass is 10.2. The monoisotopic (exact) mass is 406 g/mol. The van der Waals surface area contributed by atoms with Crippen molar-refractivity contribution in [1.82, 2.24) is 0 Å². The molecule has 25 heavy (non-hydrogen) atoms. The minimum atomic E-state index is -6.67. The van der Waals surface area contributed by atoms with Gasteiger partial charge in [-0.15, -0.1) is 0 Å². The number of Topliss-reactive ketones (excluding diaryl/α,β-unsaturated/α-hetero) is 1. The third kappa shape index (κ3) is 6.23. The lowest BCUT2D eigenvalue weighted by Gasteiger charge is -2.21. The molecule has 0 amide bonds. The van der Waals surface area contributed by atoms with E-state index in [0.29, 0.717) is 16.7 Å². The second-order valence-corrected chi connectivity index (χ2v) is 8.88. The van der Waals surface area contributed by atoms with E-state index in [1.807, 2.05) is 30.3 Å². The molecule has 11 heteroatoms. The molecule has 0 spiro atoms. The van der Waals surface area contributed by atoms with Gasteiger partial charge in [0.05, 0.1) is 0 Å². The minimum absolute atomic E-state index is 0.329. The average molecular weight is 406 g/mol. The first-order valence-electron chi connectivity index (χ1n) is 6.98. The molecule has 0 aromatic heterocycles. The molecule has 0 N–H and O–H groups in total. The Bertz CT molecular complexity index is 668. The molecule has 1 aromatic rings. The van der Waals surface area contributed by atoms with Gasteiger partial charge in [0.25, 0.3) is 0 Å². The number of ketones is 1. The molecule has 142 valence electrons. The van der Waals surface area contributed by atoms with Gasteiger partial charge in [-0.05, 0) is 23.7 Å². The van der Waals surface area contributed by atoms with Gasteiger partial charge in [-0.3, -0.25) is 4.79 Å². The zero-order valence-electron chi connectivity index (χ0n) is 12.8. The van der Waals surface area contributed by atoms with Gasteiger partial charge in [-0.2, -0.15) is 22.0 Å². The summed E-state index contributed by atoms with van der Waals surface area (Å²) in [7, 11) is -6.28. The van der Waals surface area contributed by atoms with Crippen molar-refractivity contribution in [2.75, 3.05) is 17.3 Å². The third-order valence-corrected chi connectivity index (χ3v) is 6.45. The Kier molecular flexibility index (Phi) is 7.39. The molecule has 0 atom stereocenters. The van der Waals surface area contributed by atoms with Crippen molar-refractivity contribution in [2.45, 2.75) is 24.3 Å². The van der Waals surface area contributed by atoms with Gasteiger partial charge in [0, 0.05) is 5.56 Å². The maximum atomic E-state index is 11.8. The van der Waals surface area contributed by atoms with E-state index in [1.165, 1.54) is 24.3 Å². The lowest BCUT2D eigenvalue weighted by molar-refractivity contribution is -0.243. The highest BCUT2D eigenvalue weighted by Gasteiger charge is 2.63. The van der Waals surface area contributed by atoms with Crippen LogP contribution in [0, 0.1) is 0 Å². The van der Waals surface area contributed by atoms with Crippen molar-refractivity contribution in [2.24, 2.45) is 0 Å². The maximum absolute atomic E-state index is 11.8. The highest BCUT2D eigenvalue weighted by atomic mass is 32.2. The van der Waals surface area contributed by atoms with E-state index in [9.17, 15) is 39.7 Å². The Morgan fingerprint density at radius 1 is 1.04 bits per heavy atom. The van der Waals surface area contributed by atoms with E-state index >= 15 is 0 Å². The van der Waals surface area contributed by atoms with Gasteiger partial charge in [0.1, 0.15) is 11.5 Å². The quantitative estimate of drug-likeness (QED) is 0.334. The Morgan fingerprint density at radius 3 is 1.88 bits per heavy atom. The number of halogens is 5. The second kappa shape index (κ2) is 8.45. The maximum Gasteiger partial charge on any atom is 0.468 e. The molecule has 0 bridgehead atoms. The van der Waals surface area contributed by atoms with Crippen LogP contribution in [0.2, 0.25) is 0 Å². The third-order valence-electron chi connectivity index (χ3n) is 3.19. The van der Waals surface area contributed by atoms with E-state index < -0.39 is 21.5 Å². The van der Waals surface area contributed by atoms with E-state index in [2.05, 4.69) is 0 Å². The summed E-state index contributed by atoms with van der Waals surface area (Å²) < 4.78 is 83.6. The van der Waals surface area contributed by atoms with Crippen LogP contribution >= 0.6 is 0 Å². The number of alkyl halides is 5. The highest BCUT2D eigenvalue weighted by molar-refractivity contribution is 7.97. The zero-order chi connectivity index (χ0) is 19.3. The second-order valence-electron chi connectivity index (χ2n) is 5.13. The smallest absolute Gasteiger partial charge is 0.468 e. The predicted octanol–water partition coefficient (Wildman–Crippen LogP) is 2.97. The first kappa shape index (κ1) is 21.8. The summed E-state index contributed by atoms with van der Waals surface area (Å²) in [5.41, 5.74) is 0.881. The lowest BCUT2D eigenvalue weighted by Crippen LogP contribution is -2.43. The van der Waals surface area contributed by atoms with E-state index in [-0.39, 0.29) is 0 Å². The van der Waals surface area contributed by atoms with Crippen LogP contribution in [0.25, 0.3) is 0 Å². The minimum Gasteiger partial charge on any atom is -0.743 e. The molecular formula is C14H15F5O4S2. The van der Waals surface area contributed by atoms with Gasteiger partial charge in [0.2, 0.25) is 5.78 Å². The normalized spacial score (nSPS) is 16.2. The Hall–Kier alpha value is -1.20. The molecule has 1 heterocycles. The van der Waals surface area contributed by atoms with Crippen molar-refractivity contribution in [3.63, 3.8) is 0 Å². The molecule has 1 saturated heterocycles. The average Bonchev–Trinajstić information content (AvgIpc) is 2.99. The molecule has 0 saturated carbocycles. The molecule has 1 aromatic carbocycles. The van der Waals surface area contributed by atoms with Crippen molar-refractivity contribution in [1.29, 1.82) is 0 Å². The Labute approximate surface area is 144 Å². The van der Waals surface area contributed by atoms with Crippen molar-refractivity contribution in [3.8, 4) is 0 Å². The molecular weight excluding hydrogens is 391 g/mol. The summed E-state index contributed by atoms with van der Waals surface area (Å²) in [6, 6.07) is 9.66. The van der Waals surface area contributed by atoms with Gasteiger partial charge >= 0.3 is 11.4 Å². The first-order valence-corrected chi connectivity index (χ1v) is 10.1. The summed E-state index contributed by atoms with van der Waals surface area (Å²) in [4.78, 5) is 11.8. The highest BCUT2D eigenvalue weighted by Crippen LogP contribution is 2.38. The number of hydrogen-bond donors (Lipinski definition) is 0. The van der Waals surface area contributed by atoms with Crippen LogP contribution in [-0.4, -0.2) is 47.4 Å². The molecule has 1 aliphatic rings. The largest absolute Gasteiger partial charge is 0.743 e. The van der Waals surface area contributed by atoms with E-state index in [1.54, 1.807) is 0 Å². The molecule has 0 aliphatic carbocycles. The molecule has 1 fully saturated rings. The van der Waals surface area contributed by atoms with Crippen LogP contribution in [0.4, 0.5) is 22.0 Å². The molecule has 2 rings (SSSR count). The molecule has 0 radical (unpaired) electrons. The Balaban J connectivity index is 0.000000260. The molecule has 1 aliphatic heterocycles. The fourth-order valence-corrected chi connectivity index (χ4v) is 4.43. The number of rotatable bonds is 4. The summed E-state index contributed by atoms with van der Waals surface area (Å²) in [5, 5.41) is -6.21.